The first kappa shape index (κ1) is 18.6. The zero-order chi connectivity index (χ0) is 19.6. The molecule has 0 saturated carbocycles. The molecular formula is C18H19N3O6. The molecule has 3 rings (SSSR count). The molecule has 9 nitrogen and oxygen atoms in total. The first-order valence-electron chi connectivity index (χ1n) is 8.67. The lowest BCUT2D eigenvalue weighted by atomic mass is 10.0. The van der Waals surface area contributed by atoms with E-state index in [-0.39, 0.29) is 36.5 Å². The highest BCUT2D eigenvalue weighted by molar-refractivity contribution is 6.23. The number of nitrogens with zero attached hydrogens (tertiary/aromatic N) is 1. The van der Waals surface area contributed by atoms with Crippen molar-refractivity contribution in [1.29, 1.82) is 0 Å². The van der Waals surface area contributed by atoms with Crippen LogP contribution in [0.25, 0.3) is 0 Å². The molecule has 9 heteroatoms. The molecule has 27 heavy (non-hydrogen) atoms. The van der Waals surface area contributed by atoms with Gasteiger partial charge in [-0.3, -0.25) is 34.2 Å². The van der Waals surface area contributed by atoms with Gasteiger partial charge in [-0.1, -0.05) is 6.92 Å². The zero-order valence-corrected chi connectivity index (χ0v) is 14.7. The van der Waals surface area contributed by atoms with Crippen LogP contribution in [0.4, 0.5) is 0 Å². The topological polar surface area (TPSA) is 122 Å². The van der Waals surface area contributed by atoms with Crippen molar-refractivity contribution < 1.29 is 28.7 Å². The second kappa shape index (κ2) is 7.56. The van der Waals surface area contributed by atoms with Crippen molar-refractivity contribution in [1.82, 2.24) is 15.5 Å². The normalized spacial score (nSPS) is 19.0. The maximum atomic E-state index is 12.7. The number of carbonyl (C=O) groups is 5. The first-order valence-corrected chi connectivity index (χ1v) is 8.67. The number of fused-ring (bicyclic) bond motifs is 1. The van der Waals surface area contributed by atoms with E-state index in [1.807, 2.05) is 0 Å². The van der Waals surface area contributed by atoms with Gasteiger partial charge < -0.3 is 10.1 Å². The Morgan fingerprint density at radius 1 is 1.22 bits per heavy atom. The molecule has 0 aromatic heterocycles. The highest BCUT2D eigenvalue weighted by Gasteiger charge is 2.44. The molecule has 0 spiro atoms. The van der Waals surface area contributed by atoms with Crippen LogP contribution in [-0.4, -0.2) is 53.6 Å². The lowest BCUT2D eigenvalue weighted by molar-refractivity contribution is -0.136. The summed E-state index contributed by atoms with van der Waals surface area (Å²) in [5.41, 5.74) is 0.344. The molecule has 1 saturated heterocycles. The third kappa shape index (κ3) is 3.67. The molecule has 1 fully saturated rings. The summed E-state index contributed by atoms with van der Waals surface area (Å²) in [6.45, 7) is 2.27. The molecule has 1 aromatic rings. The summed E-state index contributed by atoms with van der Waals surface area (Å²) < 4.78 is 5.50. The summed E-state index contributed by atoms with van der Waals surface area (Å²) in [5.74, 6) is -1.93. The fourth-order valence-corrected chi connectivity index (χ4v) is 3.02. The van der Waals surface area contributed by atoms with E-state index in [2.05, 4.69) is 10.6 Å². The molecule has 2 heterocycles. The number of amides is 5. The molecule has 2 N–H and O–H groups in total. The van der Waals surface area contributed by atoms with Gasteiger partial charge in [-0.25, -0.2) is 0 Å². The Hall–Kier alpha value is -3.23. The van der Waals surface area contributed by atoms with Crippen molar-refractivity contribution in [3.05, 3.63) is 29.3 Å². The van der Waals surface area contributed by atoms with E-state index in [9.17, 15) is 24.0 Å². The average Bonchev–Trinajstić information content (AvgIpc) is 2.89. The lowest BCUT2D eigenvalue weighted by Gasteiger charge is -2.27. The van der Waals surface area contributed by atoms with Crippen LogP contribution in [0.3, 0.4) is 0 Å². The van der Waals surface area contributed by atoms with Crippen LogP contribution in [0.1, 0.15) is 46.9 Å². The van der Waals surface area contributed by atoms with Crippen molar-refractivity contribution in [2.45, 2.75) is 32.2 Å². The van der Waals surface area contributed by atoms with Crippen molar-refractivity contribution >= 4 is 29.5 Å². The highest BCUT2D eigenvalue weighted by Crippen LogP contribution is 2.30. The Kier molecular flexibility index (Phi) is 5.20. The number of rotatable bonds is 6. The minimum absolute atomic E-state index is 0.0711. The molecule has 1 atom stereocenters. The molecule has 0 radical (unpaired) electrons. The van der Waals surface area contributed by atoms with Gasteiger partial charge in [0.15, 0.2) is 0 Å². The Bertz CT molecular complexity index is 834. The van der Waals surface area contributed by atoms with Crippen molar-refractivity contribution in [2.24, 2.45) is 0 Å². The first-order chi connectivity index (χ1) is 12.9. The van der Waals surface area contributed by atoms with Crippen molar-refractivity contribution in [3.63, 3.8) is 0 Å². The lowest BCUT2D eigenvalue weighted by Crippen LogP contribution is -2.54. The molecule has 1 aromatic carbocycles. The second-order valence-electron chi connectivity index (χ2n) is 6.21. The molecule has 0 aliphatic carbocycles. The van der Waals surface area contributed by atoms with Crippen LogP contribution < -0.4 is 15.4 Å². The Balaban J connectivity index is 1.70. The maximum Gasteiger partial charge on any atom is 0.262 e. The highest BCUT2D eigenvalue weighted by atomic mass is 16.5. The summed E-state index contributed by atoms with van der Waals surface area (Å²) in [5, 5.41) is 4.81. The van der Waals surface area contributed by atoms with Gasteiger partial charge in [0.05, 0.1) is 17.7 Å². The largest absolute Gasteiger partial charge is 0.492 e. The number of piperidine rings is 1. The fourth-order valence-electron chi connectivity index (χ4n) is 3.02. The molecule has 2 aliphatic rings. The zero-order valence-electron chi connectivity index (χ0n) is 14.7. The van der Waals surface area contributed by atoms with Crippen LogP contribution >= 0.6 is 0 Å². The smallest absolute Gasteiger partial charge is 0.262 e. The van der Waals surface area contributed by atoms with E-state index in [1.165, 1.54) is 12.1 Å². The summed E-state index contributed by atoms with van der Waals surface area (Å²) in [4.78, 5) is 60.6. The van der Waals surface area contributed by atoms with E-state index in [0.29, 0.717) is 18.7 Å². The standard InChI is InChI=1S/C18H19N3O6/c1-2-14(22)19-7-8-27-10-3-4-11-12(9-10)18(26)21(17(11)25)13-5-6-15(23)20-16(13)24/h3-4,9,13H,2,5-8H2,1H3,(H,19,22)(H,20,23,24)/t13-/m0/s1. The second-order valence-corrected chi connectivity index (χ2v) is 6.21. The minimum Gasteiger partial charge on any atom is -0.492 e. The summed E-state index contributed by atoms with van der Waals surface area (Å²) >= 11 is 0. The van der Waals surface area contributed by atoms with E-state index in [0.717, 1.165) is 4.90 Å². The van der Waals surface area contributed by atoms with Gasteiger partial charge in [0.2, 0.25) is 17.7 Å². The van der Waals surface area contributed by atoms with Gasteiger partial charge in [-0.05, 0) is 24.6 Å². The predicted octanol–water partition coefficient (Wildman–Crippen LogP) is -0.00720. The fraction of sp³-hybridized carbons (Fsp3) is 0.389. The Morgan fingerprint density at radius 2 is 1.96 bits per heavy atom. The van der Waals surface area contributed by atoms with E-state index in [1.54, 1.807) is 13.0 Å². The monoisotopic (exact) mass is 373 g/mol. The number of hydrogen-bond acceptors (Lipinski definition) is 6. The van der Waals surface area contributed by atoms with Crippen LogP contribution in [-0.2, 0) is 14.4 Å². The maximum absolute atomic E-state index is 12.7. The van der Waals surface area contributed by atoms with Crippen LogP contribution in [0.5, 0.6) is 5.75 Å². The van der Waals surface area contributed by atoms with Gasteiger partial charge in [0.25, 0.3) is 11.8 Å². The molecule has 2 aliphatic heterocycles. The van der Waals surface area contributed by atoms with Crippen molar-refractivity contribution in [3.8, 4) is 5.75 Å². The van der Waals surface area contributed by atoms with Gasteiger partial charge in [0, 0.05) is 12.8 Å². The average molecular weight is 373 g/mol. The number of carbonyl (C=O) groups excluding carboxylic acids is 5. The van der Waals surface area contributed by atoms with Gasteiger partial charge in [0.1, 0.15) is 18.4 Å². The van der Waals surface area contributed by atoms with E-state index < -0.39 is 29.7 Å². The number of imide groups is 2. The van der Waals surface area contributed by atoms with Crippen LogP contribution in [0, 0.1) is 0 Å². The third-order valence-electron chi connectivity index (χ3n) is 4.43. The number of nitrogens with one attached hydrogen (secondary N) is 2. The minimum atomic E-state index is -0.997. The Labute approximate surface area is 155 Å². The summed E-state index contributed by atoms with van der Waals surface area (Å²) in [7, 11) is 0. The summed E-state index contributed by atoms with van der Waals surface area (Å²) in [6.07, 6.45) is 0.559. The quantitative estimate of drug-likeness (QED) is 0.534. The molecule has 0 unspecified atom stereocenters. The van der Waals surface area contributed by atoms with E-state index in [4.69, 9.17) is 4.74 Å². The van der Waals surface area contributed by atoms with E-state index >= 15 is 0 Å². The predicted molar refractivity (Wildman–Crippen MR) is 91.9 cm³/mol. The van der Waals surface area contributed by atoms with Gasteiger partial charge in [-0.2, -0.15) is 0 Å². The van der Waals surface area contributed by atoms with Crippen LogP contribution in [0.15, 0.2) is 18.2 Å². The Morgan fingerprint density at radius 3 is 2.67 bits per heavy atom. The SMILES string of the molecule is CCC(=O)NCCOc1ccc2c(c1)C(=O)N([C@H]1CCC(=O)NC1=O)C2=O. The van der Waals surface area contributed by atoms with Gasteiger partial charge in [-0.15, -0.1) is 0 Å². The van der Waals surface area contributed by atoms with Crippen LogP contribution in [0.2, 0.25) is 0 Å². The molecular weight excluding hydrogens is 354 g/mol. The number of hydrogen-bond donors (Lipinski definition) is 2. The van der Waals surface area contributed by atoms with Crippen molar-refractivity contribution in [2.75, 3.05) is 13.2 Å². The van der Waals surface area contributed by atoms with Gasteiger partial charge >= 0.3 is 0 Å². The molecule has 5 amide bonds. The molecule has 0 bridgehead atoms. The summed E-state index contributed by atoms with van der Waals surface area (Å²) in [6, 6.07) is 3.48. The third-order valence-corrected chi connectivity index (χ3v) is 4.43. The number of benzene rings is 1. The molecule has 142 valence electrons. The number of ether oxygens (including phenoxy) is 1.